The number of para-hydroxylation sites is 2. The fourth-order valence-electron chi connectivity index (χ4n) is 7.66. The first-order chi connectivity index (χ1) is 24.8. The molecule has 0 N–H and O–H groups in total. The Hall–Kier alpha value is -6.64. The van der Waals surface area contributed by atoms with Crippen molar-refractivity contribution in [3.8, 4) is 22.3 Å². The highest BCUT2D eigenvalue weighted by molar-refractivity contribution is 6.14. The minimum atomic E-state index is 0.869. The molecule has 0 atom stereocenters. The molecule has 2 nitrogen and oxygen atoms in total. The van der Waals surface area contributed by atoms with Gasteiger partial charge in [-0.2, -0.15) is 0 Å². The Morgan fingerprint density at radius 2 is 0.980 bits per heavy atom. The number of fused-ring (bicyclic) bond motifs is 7. The van der Waals surface area contributed by atoms with Crippen LogP contribution in [0.15, 0.2) is 192 Å². The Kier molecular flexibility index (Phi) is 6.53. The van der Waals surface area contributed by atoms with Gasteiger partial charge in [-0.15, -0.1) is 0 Å². The third-order valence-electron chi connectivity index (χ3n) is 10.0. The number of nitrogens with zero attached hydrogens (tertiary/aromatic N) is 1. The molecule has 0 aliphatic carbocycles. The quantitative estimate of drug-likeness (QED) is 0.175. The number of anilines is 3. The zero-order chi connectivity index (χ0) is 33.0. The van der Waals surface area contributed by atoms with E-state index in [2.05, 4.69) is 181 Å². The molecule has 2 heteroatoms. The number of hydrogen-bond donors (Lipinski definition) is 0. The number of furan rings is 1. The molecule has 9 aromatic carbocycles. The minimum absolute atomic E-state index is 0.869. The summed E-state index contributed by atoms with van der Waals surface area (Å²) >= 11 is 0. The Morgan fingerprint density at radius 3 is 1.88 bits per heavy atom. The van der Waals surface area contributed by atoms with E-state index in [-0.39, 0.29) is 0 Å². The summed E-state index contributed by atoms with van der Waals surface area (Å²) in [5, 5.41) is 9.71. The first-order valence-electron chi connectivity index (χ1n) is 17.1. The lowest BCUT2D eigenvalue weighted by Crippen LogP contribution is -2.11. The molecule has 0 aliphatic heterocycles. The summed E-state index contributed by atoms with van der Waals surface area (Å²) in [5.74, 6) is 0. The van der Waals surface area contributed by atoms with Gasteiger partial charge in [0.2, 0.25) is 0 Å². The first-order valence-corrected chi connectivity index (χ1v) is 17.1. The van der Waals surface area contributed by atoms with Gasteiger partial charge in [-0.05, 0) is 97.5 Å². The molecule has 0 saturated carbocycles. The smallest absolute Gasteiger partial charge is 0.137 e. The topological polar surface area (TPSA) is 16.4 Å². The van der Waals surface area contributed by atoms with Crippen molar-refractivity contribution in [1.29, 1.82) is 0 Å². The summed E-state index contributed by atoms with van der Waals surface area (Å²) < 4.78 is 6.43. The summed E-state index contributed by atoms with van der Waals surface area (Å²) in [6.07, 6.45) is 0. The molecule has 0 spiro atoms. The Labute approximate surface area is 290 Å². The van der Waals surface area contributed by atoms with E-state index < -0.39 is 0 Å². The molecule has 1 aromatic heterocycles. The molecule has 0 radical (unpaired) electrons. The molecule has 10 rings (SSSR count). The molecule has 0 fully saturated rings. The van der Waals surface area contributed by atoms with Gasteiger partial charge in [-0.25, -0.2) is 0 Å². The predicted octanol–water partition coefficient (Wildman–Crippen LogP) is 13.8. The second-order valence-electron chi connectivity index (χ2n) is 12.9. The van der Waals surface area contributed by atoms with Crippen molar-refractivity contribution >= 4 is 71.3 Å². The zero-order valence-electron chi connectivity index (χ0n) is 27.3. The van der Waals surface area contributed by atoms with Crippen LogP contribution in [-0.4, -0.2) is 0 Å². The van der Waals surface area contributed by atoms with Crippen LogP contribution < -0.4 is 4.90 Å². The van der Waals surface area contributed by atoms with Gasteiger partial charge in [0, 0.05) is 33.8 Å². The summed E-state index contributed by atoms with van der Waals surface area (Å²) in [7, 11) is 0. The van der Waals surface area contributed by atoms with Crippen molar-refractivity contribution in [3.05, 3.63) is 188 Å². The highest BCUT2D eigenvalue weighted by Gasteiger charge is 2.20. The SMILES string of the molecule is c1cc(-c2cc3ccccc3c3ccccc23)cc(N(c2ccc3c(c2)oc2ccccc23)c2ccccc2-c2ccc3ccccc3c2)c1. The highest BCUT2D eigenvalue weighted by Crippen LogP contribution is 2.44. The van der Waals surface area contributed by atoms with Crippen LogP contribution in [0, 0.1) is 0 Å². The predicted molar refractivity (Wildman–Crippen MR) is 212 cm³/mol. The van der Waals surface area contributed by atoms with Gasteiger partial charge >= 0.3 is 0 Å². The van der Waals surface area contributed by atoms with E-state index in [0.29, 0.717) is 0 Å². The van der Waals surface area contributed by atoms with Crippen LogP contribution in [0.5, 0.6) is 0 Å². The van der Waals surface area contributed by atoms with E-state index in [1.54, 1.807) is 0 Å². The second-order valence-corrected chi connectivity index (χ2v) is 12.9. The van der Waals surface area contributed by atoms with Gasteiger partial charge in [0.05, 0.1) is 5.69 Å². The van der Waals surface area contributed by atoms with Gasteiger partial charge in [0.15, 0.2) is 0 Å². The molecule has 50 heavy (non-hydrogen) atoms. The van der Waals surface area contributed by atoms with Crippen LogP contribution in [0.4, 0.5) is 17.1 Å². The molecule has 0 saturated heterocycles. The van der Waals surface area contributed by atoms with Crippen molar-refractivity contribution in [3.63, 3.8) is 0 Å². The minimum Gasteiger partial charge on any atom is -0.456 e. The summed E-state index contributed by atoms with van der Waals surface area (Å²) in [6, 6.07) is 67.6. The van der Waals surface area contributed by atoms with Crippen molar-refractivity contribution < 1.29 is 4.42 Å². The highest BCUT2D eigenvalue weighted by atomic mass is 16.3. The molecule has 0 unspecified atom stereocenters. The maximum Gasteiger partial charge on any atom is 0.137 e. The van der Waals surface area contributed by atoms with Crippen molar-refractivity contribution in [1.82, 2.24) is 0 Å². The lowest BCUT2D eigenvalue weighted by atomic mass is 9.93. The van der Waals surface area contributed by atoms with E-state index >= 15 is 0 Å². The molecule has 1 heterocycles. The van der Waals surface area contributed by atoms with Crippen molar-refractivity contribution in [2.75, 3.05) is 4.90 Å². The standard InChI is InChI=1S/C48H31NO/c1-2-13-33-28-36(25-24-32(33)12-1)40-18-7-9-22-46(40)49(38-26-27-44-43-21-8-10-23-47(43)50-48(44)31-38)37-16-11-15-34(29-37)45-30-35-14-3-4-17-39(35)41-19-5-6-20-42(41)45/h1-31H. The van der Waals surface area contributed by atoms with Gasteiger partial charge < -0.3 is 9.32 Å². The third kappa shape index (κ3) is 4.65. The number of benzene rings is 9. The molecular weight excluding hydrogens is 607 g/mol. The fourth-order valence-corrected chi connectivity index (χ4v) is 7.66. The maximum atomic E-state index is 6.43. The number of rotatable bonds is 5. The monoisotopic (exact) mass is 637 g/mol. The third-order valence-corrected chi connectivity index (χ3v) is 10.0. The summed E-state index contributed by atoms with van der Waals surface area (Å²) in [5.41, 5.74) is 9.68. The maximum absolute atomic E-state index is 6.43. The van der Waals surface area contributed by atoms with E-state index in [9.17, 15) is 0 Å². The zero-order valence-corrected chi connectivity index (χ0v) is 27.3. The van der Waals surface area contributed by atoms with Crippen LogP contribution in [0.3, 0.4) is 0 Å². The summed E-state index contributed by atoms with van der Waals surface area (Å²) in [6.45, 7) is 0. The van der Waals surface area contributed by atoms with Crippen LogP contribution in [0.25, 0.3) is 76.5 Å². The van der Waals surface area contributed by atoms with Gasteiger partial charge in [-0.3, -0.25) is 0 Å². The van der Waals surface area contributed by atoms with Gasteiger partial charge in [0.1, 0.15) is 11.2 Å². The molecule has 10 aromatic rings. The van der Waals surface area contributed by atoms with Gasteiger partial charge in [0.25, 0.3) is 0 Å². The molecule has 0 amide bonds. The number of hydrogen-bond acceptors (Lipinski definition) is 2. The lowest BCUT2D eigenvalue weighted by Gasteiger charge is -2.28. The Bertz CT molecular complexity index is 2900. The van der Waals surface area contributed by atoms with Crippen LogP contribution >= 0.6 is 0 Å². The van der Waals surface area contributed by atoms with Crippen molar-refractivity contribution in [2.45, 2.75) is 0 Å². The largest absolute Gasteiger partial charge is 0.456 e. The molecular formula is C48H31NO. The van der Waals surface area contributed by atoms with Crippen LogP contribution in [-0.2, 0) is 0 Å². The van der Waals surface area contributed by atoms with Crippen LogP contribution in [0.1, 0.15) is 0 Å². The normalized spacial score (nSPS) is 11.6. The molecule has 0 aliphatic rings. The Morgan fingerprint density at radius 1 is 0.320 bits per heavy atom. The van der Waals surface area contributed by atoms with E-state index in [1.165, 1.54) is 49.0 Å². The molecule has 0 bridgehead atoms. The fraction of sp³-hybridized carbons (Fsp3) is 0. The second kappa shape index (κ2) is 11.5. The first kappa shape index (κ1) is 28.4. The average molecular weight is 638 g/mol. The summed E-state index contributed by atoms with van der Waals surface area (Å²) in [4.78, 5) is 2.38. The van der Waals surface area contributed by atoms with Crippen molar-refractivity contribution in [2.24, 2.45) is 0 Å². The molecule has 234 valence electrons. The van der Waals surface area contributed by atoms with E-state index in [0.717, 1.165) is 44.6 Å². The Balaban J connectivity index is 1.21. The van der Waals surface area contributed by atoms with E-state index in [1.807, 2.05) is 12.1 Å². The van der Waals surface area contributed by atoms with Gasteiger partial charge in [-0.1, -0.05) is 133 Å². The van der Waals surface area contributed by atoms with Crippen LogP contribution in [0.2, 0.25) is 0 Å². The van der Waals surface area contributed by atoms with E-state index in [4.69, 9.17) is 4.42 Å². The lowest BCUT2D eigenvalue weighted by molar-refractivity contribution is 0.669. The average Bonchev–Trinajstić information content (AvgIpc) is 3.56.